The molecule has 3 N–H and O–H groups in total. The molecule has 0 bridgehead atoms. The average molecular weight is 665 g/mol. The number of carbonyl (C=O) groups is 3. The molecule has 0 spiro atoms. The Balaban J connectivity index is 1.26. The number of rotatable bonds is 12. The van der Waals surface area contributed by atoms with Crippen LogP contribution in [0.3, 0.4) is 0 Å². The van der Waals surface area contributed by atoms with Crippen LogP contribution in [-0.4, -0.2) is 42.2 Å². The van der Waals surface area contributed by atoms with Gasteiger partial charge in [0.15, 0.2) is 5.13 Å². The zero-order chi connectivity index (χ0) is 33.2. The van der Waals surface area contributed by atoms with Crippen LogP contribution in [0, 0.1) is 0 Å². The second-order valence-electron chi connectivity index (χ2n) is 10.1. The van der Waals surface area contributed by atoms with Crippen LogP contribution in [0.2, 0.25) is 0 Å². The van der Waals surface area contributed by atoms with Crippen LogP contribution in [0.25, 0.3) is 17.3 Å². The number of thiazole rings is 1. The van der Waals surface area contributed by atoms with Crippen molar-refractivity contribution in [3.63, 3.8) is 0 Å². The molecule has 5 rings (SSSR count). The fourth-order valence-corrected chi connectivity index (χ4v) is 5.99. The first-order chi connectivity index (χ1) is 22.8. The summed E-state index contributed by atoms with van der Waals surface area (Å²) in [4.78, 5) is 44.8. The van der Waals surface area contributed by atoms with Crippen molar-refractivity contribution in [3.05, 3.63) is 125 Å². The number of amides is 3. The van der Waals surface area contributed by atoms with Gasteiger partial charge in [0, 0.05) is 32.7 Å². The first-order valence-corrected chi connectivity index (χ1v) is 16.3. The Hall–Kier alpha value is -5.39. The molecular weight excluding hydrogens is 633 g/mol. The Morgan fingerprint density at radius 1 is 0.851 bits per heavy atom. The van der Waals surface area contributed by atoms with Crippen molar-refractivity contribution in [1.82, 2.24) is 10.3 Å². The van der Waals surface area contributed by atoms with Crippen molar-refractivity contribution in [2.24, 2.45) is 0 Å². The van der Waals surface area contributed by atoms with E-state index in [0.29, 0.717) is 33.4 Å². The Labute approximate surface area is 281 Å². The van der Waals surface area contributed by atoms with E-state index in [-0.39, 0.29) is 11.6 Å². The van der Waals surface area contributed by atoms with Crippen molar-refractivity contribution in [1.29, 1.82) is 0 Å². The van der Waals surface area contributed by atoms with E-state index in [1.54, 1.807) is 60.7 Å². The molecule has 0 aliphatic heterocycles. The number of hydrogen-bond donors (Lipinski definition) is 3. The van der Waals surface area contributed by atoms with Crippen LogP contribution in [-0.2, 0) is 9.59 Å². The second kappa shape index (κ2) is 15.7. The van der Waals surface area contributed by atoms with Crippen LogP contribution in [0.1, 0.15) is 22.8 Å². The number of anilines is 2. The molecule has 11 heteroatoms. The number of carbonyl (C=O) groups excluding carboxylic acids is 3. The van der Waals surface area contributed by atoms with Gasteiger partial charge >= 0.3 is 0 Å². The Bertz CT molecular complexity index is 1880. The van der Waals surface area contributed by atoms with Crippen LogP contribution >= 0.6 is 23.1 Å². The van der Waals surface area contributed by atoms with Gasteiger partial charge in [-0.3, -0.25) is 14.4 Å². The summed E-state index contributed by atoms with van der Waals surface area (Å²) in [6.45, 7) is 1.82. The van der Waals surface area contributed by atoms with E-state index < -0.39 is 17.1 Å². The molecule has 1 aromatic heterocycles. The highest BCUT2D eigenvalue weighted by Gasteiger charge is 2.19. The number of benzene rings is 4. The first-order valence-electron chi connectivity index (χ1n) is 14.5. The largest absolute Gasteiger partial charge is 0.497 e. The number of ether oxygens (including phenoxy) is 2. The van der Waals surface area contributed by atoms with E-state index in [0.717, 1.165) is 16.2 Å². The van der Waals surface area contributed by atoms with Crippen LogP contribution in [0.15, 0.2) is 119 Å². The van der Waals surface area contributed by atoms with Crippen molar-refractivity contribution >= 4 is 57.7 Å². The van der Waals surface area contributed by atoms with Gasteiger partial charge in [0.25, 0.3) is 11.8 Å². The van der Waals surface area contributed by atoms with Gasteiger partial charge in [-0.15, -0.1) is 23.1 Å². The Morgan fingerprint density at radius 3 is 2.23 bits per heavy atom. The molecule has 1 atom stereocenters. The van der Waals surface area contributed by atoms with Gasteiger partial charge < -0.3 is 25.4 Å². The molecular formula is C36H32N4O5S2. The monoisotopic (exact) mass is 664 g/mol. The number of methoxy groups -OCH3 is 2. The van der Waals surface area contributed by atoms with E-state index in [1.807, 2.05) is 54.8 Å². The van der Waals surface area contributed by atoms with Crippen molar-refractivity contribution < 1.29 is 23.9 Å². The molecule has 0 fully saturated rings. The van der Waals surface area contributed by atoms with Gasteiger partial charge in [-0.2, -0.15) is 0 Å². The third-order valence-corrected chi connectivity index (χ3v) is 8.73. The lowest BCUT2D eigenvalue weighted by atomic mass is 10.1. The Kier molecular flexibility index (Phi) is 11.1. The van der Waals surface area contributed by atoms with E-state index in [9.17, 15) is 14.4 Å². The normalized spacial score (nSPS) is 11.7. The van der Waals surface area contributed by atoms with Crippen molar-refractivity contribution in [2.75, 3.05) is 24.9 Å². The zero-order valence-electron chi connectivity index (χ0n) is 25.9. The molecule has 47 heavy (non-hydrogen) atoms. The molecule has 1 heterocycles. The van der Waals surface area contributed by atoms with Gasteiger partial charge in [0.1, 0.15) is 17.2 Å². The molecule has 1 unspecified atom stereocenters. The SMILES string of the molecule is COc1ccc(OC)c(/C=C(\NC(=O)c2ccccc2)C(=O)Nc2ccc(SC(C)C(=O)Nc3nc(-c4ccccc4)cs3)cc2)c1. The zero-order valence-corrected chi connectivity index (χ0v) is 27.5. The standard InChI is InChI=1S/C36H32N4O5S2/c1-23(33(41)40-36-39-31(22-46-36)24-10-6-4-7-11-24)47-29-17-14-27(15-18-29)37-35(43)30(38-34(42)25-12-8-5-9-13-25)21-26-20-28(44-2)16-19-32(26)45-3/h4-23H,1-3H3,(H,37,43)(H,38,42)(H,39,40,41)/b30-21-. The molecule has 0 saturated carbocycles. The third-order valence-electron chi connectivity index (χ3n) is 6.86. The minimum absolute atomic E-state index is 0.00626. The quantitative estimate of drug-likeness (QED) is 0.0943. The minimum atomic E-state index is -0.536. The summed E-state index contributed by atoms with van der Waals surface area (Å²) in [6.07, 6.45) is 1.54. The van der Waals surface area contributed by atoms with E-state index in [4.69, 9.17) is 9.47 Å². The smallest absolute Gasteiger partial charge is 0.272 e. The maximum atomic E-state index is 13.5. The topological polar surface area (TPSA) is 119 Å². The number of nitrogens with one attached hydrogen (secondary N) is 3. The minimum Gasteiger partial charge on any atom is -0.497 e. The molecule has 4 aromatic carbocycles. The third kappa shape index (κ3) is 8.87. The van der Waals surface area contributed by atoms with Crippen LogP contribution in [0.4, 0.5) is 10.8 Å². The summed E-state index contributed by atoms with van der Waals surface area (Å²) in [7, 11) is 3.06. The predicted octanol–water partition coefficient (Wildman–Crippen LogP) is 7.36. The summed E-state index contributed by atoms with van der Waals surface area (Å²) >= 11 is 2.76. The lowest BCUT2D eigenvalue weighted by Gasteiger charge is -2.14. The van der Waals surface area contributed by atoms with Crippen molar-refractivity contribution in [3.8, 4) is 22.8 Å². The highest BCUT2D eigenvalue weighted by atomic mass is 32.2. The van der Waals surface area contributed by atoms with Crippen LogP contribution in [0.5, 0.6) is 11.5 Å². The number of thioether (sulfide) groups is 1. The van der Waals surface area contributed by atoms with E-state index >= 15 is 0 Å². The molecule has 238 valence electrons. The molecule has 0 saturated heterocycles. The maximum Gasteiger partial charge on any atom is 0.272 e. The summed E-state index contributed by atoms with van der Waals surface area (Å²) < 4.78 is 10.8. The fourth-order valence-electron chi connectivity index (χ4n) is 4.40. The first kappa shape index (κ1) is 33.0. The van der Waals surface area contributed by atoms with Gasteiger partial charge in [-0.1, -0.05) is 48.5 Å². The summed E-state index contributed by atoms with van der Waals surface area (Å²) in [5.74, 6) is -0.0901. The molecule has 0 radical (unpaired) electrons. The number of hydrogen-bond acceptors (Lipinski definition) is 8. The second-order valence-corrected chi connectivity index (χ2v) is 12.4. The highest BCUT2D eigenvalue weighted by Crippen LogP contribution is 2.29. The summed E-state index contributed by atoms with van der Waals surface area (Å²) in [5.41, 5.74) is 3.24. The molecule has 9 nitrogen and oxygen atoms in total. The van der Waals surface area contributed by atoms with Crippen molar-refractivity contribution in [2.45, 2.75) is 17.1 Å². The average Bonchev–Trinajstić information content (AvgIpc) is 3.57. The van der Waals surface area contributed by atoms with E-state index in [2.05, 4.69) is 20.9 Å². The molecule has 5 aromatic rings. The lowest BCUT2D eigenvalue weighted by Crippen LogP contribution is -2.30. The van der Waals surface area contributed by atoms with E-state index in [1.165, 1.54) is 43.4 Å². The summed E-state index contributed by atoms with van der Waals surface area (Å²) in [6, 6.07) is 30.7. The van der Waals surface area contributed by atoms with Gasteiger partial charge in [-0.05, 0) is 67.6 Å². The molecule has 3 amide bonds. The Morgan fingerprint density at radius 2 is 1.55 bits per heavy atom. The summed E-state index contributed by atoms with van der Waals surface area (Å²) in [5, 5.41) is 10.5. The fraction of sp³-hybridized carbons (Fsp3) is 0.111. The lowest BCUT2D eigenvalue weighted by molar-refractivity contribution is -0.115. The molecule has 0 aliphatic rings. The van der Waals surface area contributed by atoms with Gasteiger partial charge in [0.2, 0.25) is 5.91 Å². The highest BCUT2D eigenvalue weighted by molar-refractivity contribution is 8.00. The van der Waals surface area contributed by atoms with Gasteiger partial charge in [-0.25, -0.2) is 4.98 Å². The molecule has 0 aliphatic carbocycles. The number of nitrogens with zero attached hydrogens (tertiary/aromatic N) is 1. The van der Waals surface area contributed by atoms with Crippen LogP contribution < -0.4 is 25.4 Å². The van der Waals surface area contributed by atoms with Gasteiger partial charge in [0.05, 0.1) is 25.2 Å². The predicted molar refractivity (Wildman–Crippen MR) is 188 cm³/mol. The maximum absolute atomic E-state index is 13.5. The number of aromatic nitrogens is 1.